The molecule has 0 spiro atoms. The van der Waals surface area contributed by atoms with Gasteiger partial charge in [-0.25, -0.2) is 29.9 Å². The Labute approximate surface area is 170 Å². The molecule has 1 atom stereocenters. The molecular formula is C18H18N10O2. The summed E-state index contributed by atoms with van der Waals surface area (Å²) < 4.78 is 5.43. The summed E-state index contributed by atoms with van der Waals surface area (Å²) in [5.41, 5.74) is 5.92. The number of anilines is 1. The first-order valence-electron chi connectivity index (χ1n) is 9.27. The first-order valence-corrected chi connectivity index (χ1v) is 9.27. The molecule has 1 unspecified atom stereocenters. The van der Waals surface area contributed by atoms with Crippen LogP contribution in [0.5, 0.6) is 0 Å². The molecule has 0 radical (unpaired) electrons. The topological polar surface area (TPSA) is 151 Å². The second kappa shape index (κ2) is 6.84. The number of fused-ring (bicyclic) bond motifs is 2. The van der Waals surface area contributed by atoms with Crippen LogP contribution in [0.4, 0.5) is 5.82 Å². The molecule has 5 rings (SSSR count). The highest BCUT2D eigenvalue weighted by atomic mass is 16.5. The van der Waals surface area contributed by atoms with E-state index in [0.29, 0.717) is 52.3 Å². The van der Waals surface area contributed by atoms with Crippen LogP contribution in [-0.2, 0) is 6.54 Å². The fourth-order valence-electron chi connectivity index (χ4n) is 3.27. The number of aromatic nitrogens is 7. The Morgan fingerprint density at radius 2 is 2.17 bits per heavy atom. The van der Waals surface area contributed by atoms with Crippen molar-refractivity contribution < 1.29 is 9.32 Å². The van der Waals surface area contributed by atoms with E-state index in [9.17, 15) is 4.79 Å². The van der Waals surface area contributed by atoms with E-state index in [-0.39, 0.29) is 5.91 Å². The molecule has 12 heteroatoms. The Morgan fingerprint density at radius 3 is 3.03 bits per heavy atom. The molecule has 0 aliphatic carbocycles. The van der Waals surface area contributed by atoms with Crippen LogP contribution in [-0.4, -0.2) is 53.0 Å². The zero-order chi connectivity index (χ0) is 20.8. The molecule has 4 aromatic heterocycles. The summed E-state index contributed by atoms with van der Waals surface area (Å²) in [6.45, 7) is 4.14. The van der Waals surface area contributed by atoms with Gasteiger partial charge in [0.25, 0.3) is 5.91 Å². The van der Waals surface area contributed by atoms with Gasteiger partial charge in [-0.05, 0) is 13.8 Å². The Kier molecular flexibility index (Phi) is 4.13. The normalized spacial score (nSPS) is 14.5. The SMILES string of the molecule is Cc1ncc2[nH]c(-c3cc(C(C)NC(=O)c4ncnc5c4CN(C)N5)on3)nc2n1. The van der Waals surface area contributed by atoms with Crippen LogP contribution >= 0.6 is 0 Å². The first-order chi connectivity index (χ1) is 14.5. The van der Waals surface area contributed by atoms with Crippen molar-refractivity contribution in [2.45, 2.75) is 26.4 Å². The summed E-state index contributed by atoms with van der Waals surface area (Å²) >= 11 is 0. The number of carbonyl (C=O) groups is 1. The highest BCUT2D eigenvalue weighted by Gasteiger charge is 2.26. The van der Waals surface area contributed by atoms with Crippen molar-refractivity contribution in [2.75, 3.05) is 12.5 Å². The lowest BCUT2D eigenvalue weighted by molar-refractivity contribution is 0.0927. The van der Waals surface area contributed by atoms with E-state index in [0.717, 1.165) is 5.56 Å². The van der Waals surface area contributed by atoms with Crippen molar-refractivity contribution >= 4 is 22.9 Å². The van der Waals surface area contributed by atoms with Crippen LogP contribution in [0, 0.1) is 6.92 Å². The largest absolute Gasteiger partial charge is 0.358 e. The average molecular weight is 406 g/mol. The second-order valence-corrected chi connectivity index (χ2v) is 7.07. The van der Waals surface area contributed by atoms with Crippen LogP contribution in [0.15, 0.2) is 23.1 Å². The standard InChI is InChI=1S/C18H18N10O2/c1-8(22-18(29)14-10-6-28(3)26-15(10)21-7-20-14)13-4-11(27-30-13)16-24-12-5-19-9(2)23-17(12)25-16/h4-5,7-8H,6H2,1-3H3,(H,22,29)(H,20,21,26)(H,19,23,24,25). The minimum absolute atomic E-state index is 0.314. The molecule has 1 amide bonds. The minimum Gasteiger partial charge on any atom is -0.358 e. The lowest BCUT2D eigenvalue weighted by Gasteiger charge is -2.11. The average Bonchev–Trinajstić information content (AvgIpc) is 3.43. The molecule has 0 aromatic carbocycles. The van der Waals surface area contributed by atoms with Gasteiger partial charge in [-0.2, -0.15) is 0 Å². The Balaban J connectivity index is 1.35. The van der Waals surface area contributed by atoms with Crippen LogP contribution in [0.3, 0.4) is 0 Å². The molecule has 1 aliphatic heterocycles. The Bertz CT molecular complexity index is 1260. The molecule has 0 saturated carbocycles. The van der Waals surface area contributed by atoms with Gasteiger partial charge in [0.15, 0.2) is 17.2 Å². The van der Waals surface area contributed by atoms with E-state index in [4.69, 9.17) is 4.52 Å². The molecule has 12 nitrogen and oxygen atoms in total. The lowest BCUT2D eigenvalue weighted by atomic mass is 10.2. The molecule has 5 heterocycles. The van der Waals surface area contributed by atoms with E-state index < -0.39 is 6.04 Å². The van der Waals surface area contributed by atoms with E-state index in [1.165, 1.54) is 6.33 Å². The zero-order valence-electron chi connectivity index (χ0n) is 16.5. The van der Waals surface area contributed by atoms with Gasteiger partial charge in [-0.15, -0.1) is 0 Å². The van der Waals surface area contributed by atoms with Crippen molar-refractivity contribution in [2.24, 2.45) is 0 Å². The zero-order valence-corrected chi connectivity index (χ0v) is 16.5. The monoisotopic (exact) mass is 406 g/mol. The molecule has 0 saturated heterocycles. The summed E-state index contributed by atoms with van der Waals surface area (Å²) in [6.07, 6.45) is 3.04. The van der Waals surface area contributed by atoms with Crippen molar-refractivity contribution in [3.8, 4) is 11.5 Å². The summed E-state index contributed by atoms with van der Waals surface area (Å²) in [4.78, 5) is 37.1. The molecule has 152 valence electrons. The molecule has 0 bridgehead atoms. The second-order valence-electron chi connectivity index (χ2n) is 7.07. The number of carbonyl (C=O) groups excluding carboxylic acids is 1. The number of hydrogen-bond acceptors (Lipinski definition) is 10. The maximum Gasteiger partial charge on any atom is 0.271 e. The van der Waals surface area contributed by atoms with Gasteiger partial charge in [0.2, 0.25) is 0 Å². The smallest absolute Gasteiger partial charge is 0.271 e. The first kappa shape index (κ1) is 18.1. The van der Waals surface area contributed by atoms with Crippen molar-refractivity contribution in [3.63, 3.8) is 0 Å². The molecule has 0 fully saturated rings. The Morgan fingerprint density at radius 1 is 1.30 bits per heavy atom. The third-order valence-corrected chi connectivity index (χ3v) is 4.76. The number of nitrogens with zero attached hydrogens (tertiary/aromatic N) is 7. The quantitative estimate of drug-likeness (QED) is 0.453. The van der Waals surface area contributed by atoms with Gasteiger partial charge in [0.1, 0.15) is 34.9 Å². The molecule has 1 aliphatic rings. The van der Waals surface area contributed by atoms with Crippen LogP contribution in [0.2, 0.25) is 0 Å². The number of hydrogen-bond donors (Lipinski definition) is 3. The van der Waals surface area contributed by atoms with E-state index in [1.807, 2.05) is 19.0 Å². The highest BCUT2D eigenvalue weighted by molar-refractivity contribution is 5.95. The number of H-pyrrole nitrogens is 1. The maximum atomic E-state index is 12.8. The predicted molar refractivity (Wildman–Crippen MR) is 105 cm³/mol. The number of aromatic amines is 1. The third-order valence-electron chi connectivity index (χ3n) is 4.76. The predicted octanol–water partition coefficient (Wildman–Crippen LogP) is 1.37. The third kappa shape index (κ3) is 3.12. The van der Waals surface area contributed by atoms with Crippen molar-refractivity contribution in [1.82, 2.24) is 45.4 Å². The molecule has 30 heavy (non-hydrogen) atoms. The van der Waals surface area contributed by atoms with Crippen LogP contribution < -0.4 is 10.7 Å². The summed E-state index contributed by atoms with van der Waals surface area (Å²) in [7, 11) is 1.87. The molecule has 4 aromatic rings. The van der Waals surface area contributed by atoms with Gasteiger partial charge >= 0.3 is 0 Å². The number of rotatable bonds is 4. The summed E-state index contributed by atoms with van der Waals surface area (Å²) in [6, 6.07) is 1.30. The number of imidazole rings is 1. The van der Waals surface area contributed by atoms with E-state index in [1.54, 1.807) is 19.2 Å². The van der Waals surface area contributed by atoms with E-state index in [2.05, 4.69) is 45.8 Å². The fraction of sp³-hybridized carbons (Fsp3) is 0.278. The van der Waals surface area contributed by atoms with Gasteiger partial charge in [0.05, 0.1) is 12.2 Å². The number of hydrazine groups is 1. The number of nitrogens with one attached hydrogen (secondary N) is 3. The van der Waals surface area contributed by atoms with Gasteiger partial charge in [-0.3, -0.25) is 4.79 Å². The van der Waals surface area contributed by atoms with Crippen LogP contribution in [0.25, 0.3) is 22.7 Å². The fourth-order valence-corrected chi connectivity index (χ4v) is 3.27. The summed E-state index contributed by atoms with van der Waals surface area (Å²) in [5.74, 6) is 1.96. The molecule has 3 N–H and O–H groups in total. The minimum atomic E-state index is -0.428. The lowest BCUT2D eigenvalue weighted by Crippen LogP contribution is -2.28. The van der Waals surface area contributed by atoms with Crippen molar-refractivity contribution in [1.29, 1.82) is 0 Å². The van der Waals surface area contributed by atoms with Gasteiger partial charge < -0.3 is 20.2 Å². The van der Waals surface area contributed by atoms with Crippen molar-refractivity contribution in [3.05, 3.63) is 41.4 Å². The Hall–Kier alpha value is -3.93. The molecular weight excluding hydrogens is 388 g/mol. The highest BCUT2D eigenvalue weighted by Crippen LogP contribution is 2.25. The number of amides is 1. The number of aryl methyl sites for hydroxylation is 1. The maximum absolute atomic E-state index is 12.8. The van der Waals surface area contributed by atoms with Gasteiger partial charge in [-0.1, -0.05) is 5.16 Å². The van der Waals surface area contributed by atoms with Crippen LogP contribution in [0.1, 0.15) is 40.6 Å². The van der Waals surface area contributed by atoms with Gasteiger partial charge in [0, 0.05) is 25.2 Å². The summed E-state index contributed by atoms with van der Waals surface area (Å²) in [5, 5.41) is 8.79. The van der Waals surface area contributed by atoms with E-state index >= 15 is 0 Å².